The van der Waals surface area contributed by atoms with Gasteiger partial charge in [-0.1, -0.05) is 27.7 Å². The second-order valence-corrected chi connectivity index (χ2v) is 5.31. The number of hydrogen-bond acceptors (Lipinski definition) is 4. The van der Waals surface area contributed by atoms with E-state index in [0.29, 0.717) is 11.8 Å². The van der Waals surface area contributed by atoms with Gasteiger partial charge in [0.05, 0.1) is 0 Å². The Labute approximate surface area is 108 Å². The first-order valence-electron chi connectivity index (χ1n) is 6.54. The van der Waals surface area contributed by atoms with Crippen molar-refractivity contribution in [2.75, 3.05) is 11.9 Å². The fourth-order valence-electron chi connectivity index (χ4n) is 1.75. The number of rotatable bonds is 5. The normalized spacial score (nSPS) is 11.7. The lowest BCUT2D eigenvalue weighted by atomic mass is 10.1. The minimum absolute atomic E-state index is 0.318. The lowest BCUT2D eigenvalue weighted by Gasteiger charge is -2.08. The minimum Gasteiger partial charge on any atom is -0.369 e. The van der Waals surface area contributed by atoms with Gasteiger partial charge in [0.25, 0.3) is 0 Å². The number of nitrogens with one attached hydrogen (secondary N) is 1. The van der Waals surface area contributed by atoms with Crippen LogP contribution >= 0.6 is 0 Å². The largest absolute Gasteiger partial charge is 0.369 e. The molecular formula is C13H21N5. The molecule has 0 atom stereocenters. The smallest absolute Gasteiger partial charge is 0.178 e. The van der Waals surface area contributed by atoms with Crippen LogP contribution in [0.1, 0.15) is 45.9 Å². The highest BCUT2D eigenvalue weighted by Crippen LogP contribution is 2.14. The van der Waals surface area contributed by atoms with Crippen LogP contribution in [0.15, 0.2) is 12.1 Å². The summed E-state index contributed by atoms with van der Waals surface area (Å²) in [5.41, 5.74) is 0.799. The van der Waals surface area contributed by atoms with Crippen molar-refractivity contribution in [3.8, 4) is 0 Å². The van der Waals surface area contributed by atoms with Crippen molar-refractivity contribution < 1.29 is 0 Å². The maximum Gasteiger partial charge on any atom is 0.178 e. The van der Waals surface area contributed by atoms with Crippen LogP contribution < -0.4 is 5.32 Å². The van der Waals surface area contributed by atoms with E-state index in [-0.39, 0.29) is 0 Å². The average molecular weight is 247 g/mol. The first-order chi connectivity index (χ1) is 8.58. The molecular weight excluding hydrogens is 226 g/mol. The summed E-state index contributed by atoms with van der Waals surface area (Å²) in [6.07, 6.45) is 1.14. The van der Waals surface area contributed by atoms with Gasteiger partial charge in [0, 0.05) is 12.5 Å². The van der Waals surface area contributed by atoms with Gasteiger partial charge in [-0.05, 0) is 24.5 Å². The first-order valence-corrected chi connectivity index (χ1v) is 6.54. The van der Waals surface area contributed by atoms with Gasteiger partial charge in [0.1, 0.15) is 5.82 Å². The Kier molecular flexibility index (Phi) is 3.79. The quantitative estimate of drug-likeness (QED) is 0.882. The molecule has 2 aromatic rings. The SMILES string of the molecule is CC(C)CCNc1ccc2nnc(C(C)C)n2n1. The van der Waals surface area contributed by atoms with Crippen molar-refractivity contribution >= 4 is 11.5 Å². The fraction of sp³-hybridized carbons (Fsp3) is 0.615. The third-order valence-corrected chi connectivity index (χ3v) is 2.83. The van der Waals surface area contributed by atoms with Gasteiger partial charge in [0.2, 0.25) is 0 Å². The summed E-state index contributed by atoms with van der Waals surface area (Å²) >= 11 is 0. The molecule has 2 aromatic heterocycles. The Balaban J connectivity index is 2.17. The van der Waals surface area contributed by atoms with Gasteiger partial charge >= 0.3 is 0 Å². The summed E-state index contributed by atoms with van der Waals surface area (Å²) in [5.74, 6) is 2.79. The van der Waals surface area contributed by atoms with Crippen molar-refractivity contribution in [2.45, 2.75) is 40.0 Å². The molecule has 0 saturated heterocycles. The van der Waals surface area contributed by atoms with Crippen LogP contribution in [0.4, 0.5) is 5.82 Å². The Morgan fingerprint density at radius 2 is 1.94 bits per heavy atom. The molecule has 0 unspecified atom stereocenters. The summed E-state index contributed by atoms with van der Waals surface area (Å²) in [6, 6.07) is 3.90. The van der Waals surface area contributed by atoms with Crippen molar-refractivity contribution in [2.24, 2.45) is 5.92 Å². The monoisotopic (exact) mass is 247 g/mol. The lowest BCUT2D eigenvalue weighted by molar-refractivity contribution is 0.605. The van der Waals surface area contributed by atoms with Gasteiger partial charge in [-0.25, -0.2) is 0 Å². The van der Waals surface area contributed by atoms with E-state index in [2.05, 4.69) is 48.3 Å². The number of hydrogen-bond donors (Lipinski definition) is 1. The summed E-state index contributed by atoms with van der Waals surface area (Å²) < 4.78 is 1.82. The zero-order valence-corrected chi connectivity index (χ0v) is 11.5. The molecule has 18 heavy (non-hydrogen) atoms. The van der Waals surface area contributed by atoms with Crippen LogP contribution in [0.3, 0.4) is 0 Å². The lowest BCUT2D eigenvalue weighted by Crippen LogP contribution is -2.09. The summed E-state index contributed by atoms with van der Waals surface area (Å²) in [4.78, 5) is 0. The van der Waals surface area contributed by atoms with E-state index >= 15 is 0 Å². The molecule has 2 rings (SSSR count). The zero-order chi connectivity index (χ0) is 13.1. The zero-order valence-electron chi connectivity index (χ0n) is 11.5. The van der Waals surface area contributed by atoms with Gasteiger partial charge in [-0.2, -0.15) is 4.52 Å². The van der Waals surface area contributed by atoms with E-state index < -0.39 is 0 Å². The van der Waals surface area contributed by atoms with Crippen molar-refractivity contribution in [1.29, 1.82) is 0 Å². The van der Waals surface area contributed by atoms with Crippen LogP contribution in [-0.4, -0.2) is 26.4 Å². The standard InChI is InChI=1S/C13H21N5/c1-9(2)7-8-14-11-5-6-12-15-16-13(10(3)4)18(12)17-11/h5-6,9-10H,7-8H2,1-4H3,(H,14,17). The molecule has 0 aliphatic heterocycles. The maximum absolute atomic E-state index is 4.53. The molecule has 0 fully saturated rings. The molecule has 2 heterocycles. The fourth-order valence-corrected chi connectivity index (χ4v) is 1.75. The van der Waals surface area contributed by atoms with Crippen LogP contribution in [0, 0.1) is 5.92 Å². The Morgan fingerprint density at radius 1 is 1.17 bits per heavy atom. The Bertz CT molecular complexity index is 515. The number of nitrogens with zero attached hydrogens (tertiary/aromatic N) is 4. The molecule has 98 valence electrons. The van der Waals surface area contributed by atoms with E-state index in [1.807, 2.05) is 16.6 Å². The minimum atomic E-state index is 0.318. The molecule has 0 aromatic carbocycles. The molecule has 1 N–H and O–H groups in total. The van der Waals surface area contributed by atoms with Crippen LogP contribution in [0.2, 0.25) is 0 Å². The van der Waals surface area contributed by atoms with Crippen molar-refractivity contribution in [3.05, 3.63) is 18.0 Å². The van der Waals surface area contributed by atoms with Gasteiger partial charge < -0.3 is 5.32 Å². The second kappa shape index (κ2) is 5.33. The highest BCUT2D eigenvalue weighted by Gasteiger charge is 2.10. The molecule has 0 saturated carbocycles. The van der Waals surface area contributed by atoms with E-state index in [0.717, 1.165) is 30.3 Å². The molecule has 5 nitrogen and oxygen atoms in total. The third kappa shape index (κ3) is 2.78. The van der Waals surface area contributed by atoms with Crippen LogP contribution in [0.25, 0.3) is 5.65 Å². The molecule has 0 aliphatic carbocycles. The number of aromatic nitrogens is 4. The molecule has 0 radical (unpaired) electrons. The average Bonchev–Trinajstić information content (AvgIpc) is 2.71. The molecule has 0 spiro atoms. The van der Waals surface area contributed by atoms with Crippen LogP contribution in [0.5, 0.6) is 0 Å². The summed E-state index contributed by atoms with van der Waals surface area (Å²) in [5, 5.41) is 16.1. The van der Waals surface area contributed by atoms with E-state index in [1.165, 1.54) is 0 Å². The van der Waals surface area contributed by atoms with Crippen molar-refractivity contribution in [3.63, 3.8) is 0 Å². The third-order valence-electron chi connectivity index (χ3n) is 2.83. The van der Waals surface area contributed by atoms with Crippen molar-refractivity contribution in [1.82, 2.24) is 19.8 Å². The number of fused-ring (bicyclic) bond motifs is 1. The van der Waals surface area contributed by atoms with E-state index in [4.69, 9.17) is 0 Å². The van der Waals surface area contributed by atoms with Gasteiger partial charge in [-0.3, -0.25) is 0 Å². The highest BCUT2D eigenvalue weighted by atomic mass is 15.4. The first kappa shape index (κ1) is 12.8. The summed E-state index contributed by atoms with van der Waals surface area (Å²) in [6.45, 7) is 9.56. The molecule has 0 amide bonds. The molecule has 0 bridgehead atoms. The summed E-state index contributed by atoms with van der Waals surface area (Å²) in [7, 11) is 0. The predicted molar refractivity (Wildman–Crippen MR) is 72.8 cm³/mol. The second-order valence-electron chi connectivity index (χ2n) is 5.31. The van der Waals surface area contributed by atoms with E-state index in [9.17, 15) is 0 Å². The number of anilines is 1. The van der Waals surface area contributed by atoms with Crippen LogP contribution in [-0.2, 0) is 0 Å². The topological polar surface area (TPSA) is 55.1 Å². The molecule has 5 heteroatoms. The predicted octanol–water partition coefficient (Wildman–Crippen LogP) is 2.71. The van der Waals surface area contributed by atoms with Gasteiger partial charge in [-0.15, -0.1) is 15.3 Å². The maximum atomic E-state index is 4.53. The van der Waals surface area contributed by atoms with Gasteiger partial charge in [0.15, 0.2) is 11.5 Å². The highest BCUT2D eigenvalue weighted by molar-refractivity contribution is 5.44. The Hall–Kier alpha value is -1.65. The Morgan fingerprint density at radius 3 is 2.61 bits per heavy atom. The molecule has 0 aliphatic rings. The van der Waals surface area contributed by atoms with E-state index in [1.54, 1.807) is 0 Å².